The van der Waals surface area contributed by atoms with Gasteiger partial charge in [0.2, 0.25) is 0 Å². The van der Waals surface area contributed by atoms with Crippen molar-refractivity contribution in [1.29, 1.82) is 0 Å². The van der Waals surface area contributed by atoms with Crippen LogP contribution in [0.2, 0.25) is 0 Å². The van der Waals surface area contributed by atoms with Gasteiger partial charge in [-0.3, -0.25) is 4.99 Å². The van der Waals surface area contributed by atoms with Gasteiger partial charge >= 0.3 is 0 Å². The van der Waals surface area contributed by atoms with Crippen LogP contribution in [0.3, 0.4) is 0 Å². The molecule has 0 radical (unpaired) electrons. The molecular weight excluding hydrogens is 194 g/mol. The Morgan fingerprint density at radius 3 is 2.31 bits per heavy atom. The topological polar surface area (TPSA) is 12.4 Å². The number of nitrogens with zero attached hydrogens (tertiary/aromatic N) is 1. The number of benzene rings is 1. The van der Waals surface area contributed by atoms with E-state index in [1.165, 1.54) is 5.56 Å². The van der Waals surface area contributed by atoms with Crippen molar-refractivity contribution >= 4 is 12.4 Å². The van der Waals surface area contributed by atoms with Crippen molar-refractivity contribution in [3.63, 3.8) is 0 Å². The predicted octanol–water partition coefficient (Wildman–Crippen LogP) is 4.43. The fraction of sp³-hybridized carbons (Fsp3) is 0.267. The summed E-state index contributed by atoms with van der Waals surface area (Å²) in [6.45, 7) is 9.96. The lowest BCUT2D eigenvalue weighted by Crippen LogP contribution is -1.88. The van der Waals surface area contributed by atoms with Gasteiger partial charge in [-0.25, -0.2) is 0 Å². The first-order chi connectivity index (χ1) is 7.69. The summed E-state index contributed by atoms with van der Waals surface area (Å²) in [5.41, 5.74) is 3.36. The van der Waals surface area contributed by atoms with Crippen LogP contribution in [0.1, 0.15) is 37.8 Å². The summed E-state index contributed by atoms with van der Waals surface area (Å²) >= 11 is 0. The van der Waals surface area contributed by atoms with Gasteiger partial charge in [-0.2, -0.15) is 0 Å². The molecule has 1 heteroatoms. The maximum absolute atomic E-state index is 4.03. The van der Waals surface area contributed by atoms with Crippen molar-refractivity contribution in [3.05, 3.63) is 53.6 Å². The highest BCUT2D eigenvalue weighted by Crippen LogP contribution is 2.20. The molecule has 0 amide bonds. The predicted molar refractivity (Wildman–Crippen MR) is 72.9 cm³/mol. The first kappa shape index (κ1) is 12.4. The maximum atomic E-state index is 4.03. The van der Waals surface area contributed by atoms with Crippen LogP contribution in [0.15, 0.2) is 47.5 Å². The molecule has 0 N–H and O–H groups in total. The summed E-state index contributed by atoms with van der Waals surface area (Å²) in [6, 6.07) is 8.49. The number of hydrogen-bond acceptors (Lipinski definition) is 1. The van der Waals surface area contributed by atoms with Gasteiger partial charge in [-0.1, -0.05) is 50.3 Å². The van der Waals surface area contributed by atoms with Crippen LogP contribution in [-0.4, -0.2) is 6.72 Å². The van der Waals surface area contributed by atoms with E-state index in [0.29, 0.717) is 5.92 Å². The van der Waals surface area contributed by atoms with Crippen LogP contribution in [0.4, 0.5) is 0 Å². The highest BCUT2D eigenvalue weighted by molar-refractivity contribution is 5.69. The Balaban J connectivity index is 2.99. The molecule has 0 aliphatic carbocycles. The van der Waals surface area contributed by atoms with E-state index in [1.807, 2.05) is 25.2 Å². The van der Waals surface area contributed by atoms with Crippen LogP contribution in [0.5, 0.6) is 0 Å². The highest BCUT2D eigenvalue weighted by atomic mass is 14.7. The summed E-state index contributed by atoms with van der Waals surface area (Å²) in [7, 11) is 0. The fourth-order valence-electron chi connectivity index (χ4n) is 1.47. The van der Waals surface area contributed by atoms with Crippen molar-refractivity contribution in [2.75, 3.05) is 0 Å². The van der Waals surface area contributed by atoms with Gasteiger partial charge in [-0.05, 0) is 31.2 Å². The minimum absolute atomic E-state index is 0.564. The smallest absolute Gasteiger partial charge is 0.0694 e. The lowest BCUT2D eigenvalue weighted by molar-refractivity contribution is 0.866. The standard InChI is InChI=1S/C15H19N/c1-5-6-7-15(16-4)14-10-8-13(9-11-14)12(2)3/h5-12H,4H2,1-3H3/b6-5-,15-7-. The maximum Gasteiger partial charge on any atom is 0.0694 e. The molecule has 1 nitrogen and oxygen atoms in total. The van der Waals surface area contributed by atoms with Crippen LogP contribution in [0, 0.1) is 0 Å². The third kappa shape index (κ3) is 3.20. The van der Waals surface area contributed by atoms with Crippen LogP contribution < -0.4 is 0 Å². The van der Waals surface area contributed by atoms with Gasteiger partial charge in [-0.15, -0.1) is 0 Å². The summed E-state index contributed by atoms with van der Waals surface area (Å²) in [5.74, 6) is 0.564. The number of rotatable bonds is 4. The molecule has 0 bridgehead atoms. The van der Waals surface area contributed by atoms with Crippen molar-refractivity contribution in [1.82, 2.24) is 0 Å². The molecule has 0 unspecified atom stereocenters. The summed E-state index contributed by atoms with van der Waals surface area (Å²) in [4.78, 5) is 4.03. The molecule has 1 rings (SSSR count). The van der Waals surface area contributed by atoms with E-state index in [2.05, 4.69) is 49.8 Å². The van der Waals surface area contributed by atoms with E-state index in [-0.39, 0.29) is 0 Å². The van der Waals surface area contributed by atoms with Crippen LogP contribution in [-0.2, 0) is 0 Å². The van der Waals surface area contributed by atoms with E-state index in [9.17, 15) is 0 Å². The second-order valence-electron chi connectivity index (χ2n) is 4.01. The average molecular weight is 213 g/mol. The lowest BCUT2D eigenvalue weighted by atomic mass is 10.0. The van der Waals surface area contributed by atoms with E-state index >= 15 is 0 Å². The molecule has 84 valence electrons. The van der Waals surface area contributed by atoms with Crippen molar-refractivity contribution < 1.29 is 0 Å². The molecule has 0 saturated carbocycles. The van der Waals surface area contributed by atoms with Gasteiger partial charge in [0.25, 0.3) is 0 Å². The molecule has 0 aliphatic rings. The normalized spacial score (nSPS) is 12.4. The molecular formula is C15H19N. The summed E-state index contributed by atoms with van der Waals surface area (Å²) in [6.07, 6.45) is 5.92. The molecule has 1 aromatic rings. The number of allylic oxidation sites excluding steroid dienone is 3. The number of hydrogen-bond donors (Lipinski definition) is 0. The van der Waals surface area contributed by atoms with Gasteiger partial charge in [0, 0.05) is 5.56 Å². The fourth-order valence-corrected chi connectivity index (χ4v) is 1.47. The molecule has 0 spiro atoms. The first-order valence-corrected chi connectivity index (χ1v) is 5.59. The zero-order valence-corrected chi connectivity index (χ0v) is 10.3. The van der Waals surface area contributed by atoms with Crippen molar-refractivity contribution in [2.24, 2.45) is 4.99 Å². The third-order valence-electron chi connectivity index (χ3n) is 2.49. The Morgan fingerprint density at radius 1 is 1.25 bits per heavy atom. The average Bonchev–Trinajstić information content (AvgIpc) is 2.30. The van der Waals surface area contributed by atoms with Crippen LogP contribution in [0.25, 0.3) is 5.70 Å². The van der Waals surface area contributed by atoms with E-state index < -0.39 is 0 Å². The van der Waals surface area contributed by atoms with Crippen molar-refractivity contribution in [3.8, 4) is 0 Å². The quantitative estimate of drug-likeness (QED) is 0.518. The first-order valence-electron chi connectivity index (χ1n) is 5.59. The molecule has 0 saturated heterocycles. The number of aliphatic imine (C=N–C) groups is 1. The Hall–Kier alpha value is -1.63. The van der Waals surface area contributed by atoms with Crippen molar-refractivity contribution in [2.45, 2.75) is 26.7 Å². The van der Waals surface area contributed by atoms with Gasteiger partial charge in [0.15, 0.2) is 0 Å². The molecule has 0 aliphatic heterocycles. The summed E-state index contributed by atoms with van der Waals surface area (Å²) < 4.78 is 0. The van der Waals surface area contributed by atoms with Gasteiger partial charge in [0.1, 0.15) is 0 Å². The molecule has 0 fully saturated rings. The Morgan fingerprint density at radius 2 is 1.88 bits per heavy atom. The molecule has 1 aromatic carbocycles. The van der Waals surface area contributed by atoms with E-state index in [1.54, 1.807) is 0 Å². The largest absolute Gasteiger partial charge is 0.264 e. The summed E-state index contributed by atoms with van der Waals surface area (Å²) in [5, 5.41) is 0. The van der Waals surface area contributed by atoms with Gasteiger partial charge in [0.05, 0.1) is 5.70 Å². The van der Waals surface area contributed by atoms with Crippen LogP contribution >= 0.6 is 0 Å². The Bertz CT molecular complexity index is 394. The minimum Gasteiger partial charge on any atom is -0.264 e. The lowest BCUT2D eigenvalue weighted by Gasteiger charge is -2.06. The van der Waals surface area contributed by atoms with E-state index in [4.69, 9.17) is 0 Å². The molecule has 16 heavy (non-hydrogen) atoms. The Kier molecular flexibility index (Phi) is 4.71. The zero-order chi connectivity index (χ0) is 12.0. The Labute approximate surface area is 98.2 Å². The third-order valence-corrected chi connectivity index (χ3v) is 2.49. The molecule has 0 heterocycles. The monoisotopic (exact) mass is 213 g/mol. The minimum atomic E-state index is 0.564. The zero-order valence-electron chi connectivity index (χ0n) is 10.3. The van der Waals surface area contributed by atoms with E-state index in [0.717, 1.165) is 11.3 Å². The highest BCUT2D eigenvalue weighted by Gasteiger charge is 2.01. The molecule has 0 aromatic heterocycles. The molecule has 0 atom stereocenters. The second-order valence-corrected chi connectivity index (χ2v) is 4.01. The second kappa shape index (κ2) is 6.06. The SMILES string of the molecule is C=N/C(=C\C=C/C)c1ccc(C(C)C)cc1. The van der Waals surface area contributed by atoms with Gasteiger partial charge < -0.3 is 0 Å².